The van der Waals surface area contributed by atoms with Gasteiger partial charge in [-0.2, -0.15) is 0 Å². The Morgan fingerprint density at radius 3 is 2.68 bits per heavy atom. The Balaban J connectivity index is 2.02. The first-order valence-electron chi connectivity index (χ1n) is 9.31. The number of pyridine rings is 1. The van der Waals surface area contributed by atoms with E-state index in [4.69, 9.17) is 16.2 Å². The molecule has 1 atom stereocenters. The number of nitrogens with two attached hydrogens (primary N) is 2. The predicted molar refractivity (Wildman–Crippen MR) is 118 cm³/mol. The molecule has 2 amide bonds. The Hall–Kier alpha value is -3.47. The van der Waals surface area contributed by atoms with Crippen LogP contribution in [0, 0.1) is 0 Å². The van der Waals surface area contributed by atoms with E-state index in [1.54, 1.807) is 43.6 Å². The highest BCUT2D eigenvalue weighted by atomic mass is 79.9. The van der Waals surface area contributed by atoms with Crippen LogP contribution in [0.3, 0.4) is 0 Å². The zero-order valence-corrected chi connectivity index (χ0v) is 18.4. The Morgan fingerprint density at radius 1 is 1.23 bits per heavy atom. The third-order valence-electron chi connectivity index (χ3n) is 3.92. The topological polar surface area (TPSA) is 162 Å². The number of hydrogen-bond donors (Lipinski definition) is 4. The maximum Gasteiger partial charge on any atom is 0.308 e. The summed E-state index contributed by atoms with van der Waals surface area (Å²) >= 11 is 3.32. The number of nitrogens with one attached hydrogen (secondary N) is 2. The van der Waals surface area contributed by atoms with Crippen LogP contribution in [0.25, 0.3) is 0 Å². The van der Waals surface area contributed by atoms with Crippen LogP contribution in [-0.2, 0) is 14.3 Å². The van der Waals surface area contributed by atoms with Crippen molar-refractivity contribution in [3.05, 3.63) is 58.3 Å². The lowest BCUT2D eigenvalue weighted by Gasteiger charge is -2.18. The van der Waals surface area contributed by atoms with Gasteiger partial charge in [0.2, 0.25) is 5.91 Å². The lowest BCUT2D eigenvalue weighted by Crippen LogP contribution is -2.39. The van der Waals surface area contributed by atoms with E-state index in [1.807, 2.05) is 0 Å². The van der Waals surface area contributed by atoms with Gasteiger partial charge >= 0.3 is 5.97 Å². The minimum atomic E-state index is -0.668. The molecular formula is C20H23BrN6O4. The average molecular weight is 491 g/mol. The fourth-order valence-electron chi connectivity index (χ4n) is 2.63. The van der Waals surface area contributed by atoms with Crippen molar-refractivity contribution in [2.75, 3.05) is 13.2 Å². The first-order valence-corrected chi connectivity index (χ1v) is 10.1. The van der Waals surface area contributed by atoms with Gasteiger partial charge in [0, 0.05) is 22.4 Å². The second-order valence-corrected chi connectivity index (χ2v) is 7.25. The molecule has 11 heteroatoms. The monoisotopic (exact) mass is 490 g/mol. The number of rotatable bonds is 9. The molecular weight excluding hydrogens is 468 g/mol. The lowest BCUT2D eigenvalue weighted by molar-refractivity contribution is -0.143. The SMILES string of the molecule is CCOC(=O)CC(NC(=O)CNC(=O)c1cccc(N=C(N)N)c1)c1cncc(Br)c1. The highest BCUT2D eigenvalue weighted by molar-refractivity contribution is 9.10. The van der Waals surface area contributed by atoms with E-state index in [1.165, 1.54) is 6.07 Å². The van der Waals surface area contributed by atoms with E-state index < -0.39 is 23.8 Å². The third-order valence-corrected chi connectivity index (χ3v) is 4.35. The quantitative estimate of drug-likeness (QED) is 0.233. The number of guanidine groups is 1. The zero-order chi connectivity index (χ0) is 22.8. The number of nitrogens with zero attached hydrogens (tertiary/aromatic N) is 2. The summed E-state index contributed by atoms with van der Waals surface area (Å²) < 4.78 is 5.68. The van der Waals surface area contributed by atoms with Crippen LogP contribution in [-0.4, -0.2) is 41.9 Å². The molecule has 164 valence electrons. The number of carbonyl (C=O) groups is 3. The molecule has 1 heterocycles. The Morgan fingerprint density at radius 2 is 2.00 bits per heavy atom. The van der Waals surface area contributed by atoms with Crippen LogP contribution in [0.1, 0.15) is 35.3 Å². The number of halogens is 1. The molecule has 0 aliphatic heterocycles. The van der Waals surface area contributed by atoms with Crippen molar-refractivity contribution in [3.63, 3.8) is 0 Å². The van der Waals surface area contributed by atoms with Crippen LogP contribution in [0.15, 0.2) is 52.2 Å². The zero-order valence-electron chi connectivity index (χ0n) is 16.8. The molecule has 1 unspecified atom stereocenters. The van der Waals surface area contributed by atoms with Gasteiger partial charge in [0.25, 0.3) is 5.91 Å². The third kappa shape index (κ3) is 8.05. The van der Waals surface area contributed by atoms with Gasteiger partial charge in [0.05, 0.1) is 31.3 Å². The van der Waals surface area contributed by atoms with Crippen LogP contribution in [0.2, 0.25) is 0 Å². The van der Waals surface area contributed by atoms with Crippen LogP contribution >= 0.6 is 15.9 Å². The summed E-state index contributed by atoms with van der Waals surface area (Å²) in [7, 11) is 0. The summed E-state index contributed by atoms with van der Waals surface area (Å²) in [4.78, 5) is 44.7. The van der Waals surface area contributed by atoms with Gasteiger partial charge in [0.15, 0.2) is 5.96 Å². The molecule has 10 nitrogen and oxygen atoms in total. The Labute approximate surface area is 187 Å². The van der Waals surface area contributed by atoms with Crippen LogP contribution in [0.4, 0.5) is 5.69 Å². The molecule has 0 fully saturated rings. The molecule has 0 aliphatic carbocycles. The molecule has 1 aromatic carbocycles. The Kier molecular flexibility index (Phi) is 8.94. The van der Waals surface area contributed by atoms with Crippen molar-refractivity contribution in [2.45, 2.75) is 19.4 Å². The minimum Gasteiger partial charge on any atom is -0.466 e. The molecule has 6 N–H and O–H groups in total. The summed E-state index contributed by atoms with van der Waals surface area (Å²) in [6, 6.07) is 7.38. The summed E-state index contributed by atoms with van der Waals surface area (Å²) in [5.74, 6) is -1.56. The van der Waals surface area contributed by atoms with Crippen molar-refractivity contribution in [1.82, 2.24) is 15.6 Å². The highest BCUT2D eigenvalue weighted by Gasteiger charge is 2.20. The molecule has 1 aromatic heterocycles. The van der Waals surface area contributed by atoms with Crippen molar-refractivity contribution < 1.29 is 19.1 Å². The average Bonchev–Trinajstić information content (AvgIpc) is 2.71. The minimum absolute atomic E-state index is 0.0772. The molecule has 2 aromatic rings. The Bertz CT molecular complexity index is 978. The van der Waals surface area contributed by atoms with Gasteiger partial charge in [-0.1, -0.05) is 6.07 Å². The summed E-state index contributed by atoms with van der Waals surface area (Å²) in [5, 5.41) is 5.25. The molecule has 0 saturated heterocycles. The van der Waals surface area contributed by atoms with Gasteiger partial charge < -0.3 is 26.8 Å². The number of benzene rings is 1. The van der Waals surface area contributed by atoms with E-state index >= 15 is 0 Å². The molecule has 0 bridgehead atoms. The fraction of sp³-hybridized carbons (Fsp3) is 0.250. The maximum atomic E-state index is 12.4. The van der Waals surface area contributed by atoms with Gasteiger partial charge in [-0.25, -0.2) is 4.99 Å². The predicted octanol–water partition coefficient (Wildman–Crippen LogP) is 1.29. The number of carbonyl (C=O) groups excluding carboxylic acids is 3. The van der Waals surface area contributed by atoms with Crippen LogP contribution < -0.4 is 22.1 Å². The molecule has 0 saturated carbocycles. The maximum absolute atomic E-state index is 12.4. The molecule has 31 heavy (non-hydrogen) atoms. The van der Waals surface area contributed by atoms with E-state index in [0.29, 0.717) is 15.7 Å². The first-order chi connectivity index (χ1) is 14.8. The van der Waals surface area contributed by atoms with Gasteiger partial charge in [-0.3, -0.25) is 19.4 Å². The van der Waals surface area contributed by atoms with Gasteiger partial charge in [-0.05, 0) is 52.7 Å². The normalized spacial score (nSPS) is 11.2. The van der Waals surface area contributed by atoms with Gasteiger partial charge in [0.1, 0.15) is 0 Å². The van der Waals surface area contributed by atoms with E-state index in [-0.39, 0.29) is 31.1 Å². The lowest BCUT2D eigenvalue weighted by atomic mass is 10.1. The second kappa shape index (κ2) is 11.6. The van der Waals surface area contributed by atoms with Crippen LogP contribution in [0.5, 0.6) is 0 Å². The molecule has 0 spiro atoms. The molecule has 2 rings (SSSR count). The van der Waals surface area contributed by atoms with Gasteiger partial charge in [-0.15, -0.1) is 0 Å². The number of hydrogen-bond acceptors (Lipinski definition) is 6. The van der Waals surface area contributed by atoms with Crippen molar-refractivity contribution in [3.8, 4) is 0 Å². The fourth-order valence-corrected chi connectivity index (χ4v) is 3.01. The summed E-state index contributed by atoms with van der Waals surface area (Å²) in [6.07, 6.45) is 3.05. The number of aliphatic imine (C=N–C) groups is 1. The molecule has 0 aliphatic rings. The number of esters is 1. The standard InChI is InChI=1S/C20H23BrN6O4/c1-2-31-18(29)8-16(13-6-14(21)10-24-9-13)27-17(28)11-25-19(30)12-4-3-5-15(7-12)26-20(22)23/h3-7,9-10,16H,2,8,11H2,1H3,(H,25,30)(H,27,28)(H4,22,23,26). The number of amides is 2. The largest absolute Gasteiger partial charge is 0.466 e. The summed E-state index contributed by atoms with van der Waals surface area (Å²) in [5.41, 5.74) is 12.0. The van der Waals surface area contributed by atoms with E-state index in [2.05, 4.69) is 36.5 Å². The number of ether oxygens (including phenoxy) is 1. The first kappa shape index (κ1) is 23.8. The summed E-state index contributed by atoms with van der Waals surface area (Å²) in [6.45, 7) is 1.63. The van der Waals surface area contributed by atoms with Crippen molar-refractivity contribution >= 4 is 45.4 Å². The number of aromatic nitrogens is 1. The molecule has 0 radical (unpaired) electrons. The van der Waals surface area contributed by atoms with Crippen molar-refractivity contribution in [2.24, 2.45) is 16.5 Å². The van der Waals surface area contributed by atoms with E-state index in [0.717, 1.165) is 0 Å². The second-order valence-electron chi connectivity index (χ2n) is 6.34. The van der Waals surface area contributed by atoms with Crippen molar-refractivity contribution in [1.29, 1.82) is 0 Å². The highest BCUT2D eigenvalue weighted by Crippen LogP contribution is 2.20. The smallest absolute Gasteiger partial charge is 0.308 e. The van der Waals surface area contributed by atoms with E-state index in [9.17, 15) is 14.4 Å².